The van der Waals surface area contributed by atoms with Gasteiger partial charge in [-0.1, -0.05) is 273 Å². The van der Waals surface area contributed by atoms with Crippen LogP contribution in [0.5, 0.6) is 0 Å². The maximum Gasteiger partial charge on any atom is 0.0541 e. The molecule has 0 spiro atoms. The van der Waals surface area contributed by atoms with Crippen molar-refractivity contribution in [3.05, 3.63) is 328 Å². The summed E-state index contributed by atoms with van der Waals surface area (Å²) >= 11 is 0. The number of hydrogen-bond donors (Lipinski definition) is 0. The van der Waals surface area contributed by atoms with Crippen molar-refractivity contribution in [3.63, 3.8) is 0 Å². The minimum Gasteiger partial charge on any atom is -0.310 e. The van der Waals surface area contributed by atoms with Crippen LogP contribution in [0.2, 0.25) is 0 Å². The van der Waals surface area contributed by atoms with Crippen LogP contribution in [0.4, 0.5) is 34.1 Å². The van der Waals surface area contributed by atoms with Crippen LogP contribution in [0.1, 0.15) is 0 Å². The number of nitrogens with zero attached hydrogens (tertiary/aromatic N) is 2. The molecule has 0 saturated heterocycles. The molecule has 0 aromatic heterocycles. The second-order valence-electron chi connectivity index (χ2n) is 20.4. The van der Waals surface area contributed by atoms with Gasteiger partial charge in [0.2, 0.25) is 0 Å². The Morgan fingerprint density at radius 2 is 0.537 bits per heavy atom. The summed E-state index contributed by atoms with van der Waals surface area (Å²) in [5.74, 6) is 0. The number of hydrogen-bond acceptors (Lipinski definition) is 2. The lowest BCUT2D eigenvalue weighted by Gasteiger charge is -2.32. The highest BCUT2D eigenvalue weighted by molar-refractivity contribution is 6.15. The van der Waals surface area contributed by atoms with Crippen molar-refractivity contribution >= 4 is 66.4 Å². The Labute approximate surface area is 468 Å². The van der Waals surface area contributed by atoms with Gasteiger partial charge in [-0.3, -0.25) is 0 Å². The molecule has 0 radical (unpaired) electrons. The summed E-state index contributed by atoms with van der Waals surface area (Å²) < 4.78 is 0. The molecular weight excluding hydrogens is 965 g/mol. The quantitative estimate of drug-likeness (QED) is 0.120. The molecule has 0 aliphatic rings. The van der Waals surface area contributed by atoms with E-state index in [4.69, 9.17) is 0 Å². The molecule has 0 aliphatic carbocycles. The lowest BCUT2D eigenvalue weighted by atomic mass is 9.89. The van der Waals surface area contributed by atoms with E-state index >= 15 is 0 Å². The van der Waals surface area contributed by atoms with Gasteiger partial charge in [0.1, 0.15) is 0 Å². The van der Waals surface area contributed by atoms with Gasteiger partial charge < -0.3 is 9.80 Å². The normalized spacial score (nSPS) is 11.2. The van der Waals surface area contributed by atoms with Gasteiger partial charge in [0.25, 0.3) is 0 Å². The number of rotatable bonds is 12. The van der Waals surface area contributed by atoms with Crippen molar-refractivity contribution in [2.45, 2.75) is 0 Å². The molecule has 0 heterocycles. The Morgan fingerprint density at radius 3 is 1.04 bits per heavy atom. The molecule has 376 valence electrons. The molecule has 0 fully saturated rings. The third-order valence-corrected chi connectivity index (χ3v) is 15.7. The van der Waals surface area contributed by atoms with Crippen LogP contribution in [0.25, 0.3) is 99.1 Å². The minimum atomic E-state index is 1.03. The fourth-order valence-corrected chi connectivity index (χ4v) is 11.9. The molecule has 0 aliphatic heterocycles. The molecule has 0 bridgehead atoms. The highest BCUT2D eigenvalue weighted by Crippen LogP contribution is 2.51. The number of fused-ring (bicyclic) bond motifs is 3. The molecule has 14 aromatic rings. The highest BCUT2D eigenvalue weighted by Gasteiger charge is 2.26. The van der Waals surface area contributed by atoms with Crippen LogP contribution in [0.3, 0.4) is 0 Å². The van der Waals surface area contributed by atoms with E-state index in [0.717, 1.165) is 84.0 Å². The smallest absolute Gasteiger partial charge is 0.0541 e. The van der Waals surface area contributed by atoms with E-state index < -0.39 is 0 Å². The molecular formula is C78H54N2. The third-order valence-electron chi connectivity index (χ3n) is 15.7. The molecule has 2 nitrogen and oxygen atoms in total. The standard InChI is InChI=1S/C78H54N2/c1-5-23-57(24-6-1)70-37-17-19-41-75(70)79(63-47-43-61(44-48-63)68-39-21-33-55-31-13-15-35-66(55)68)65-53-73(60-29-11-4-12-30-60)78-72(59-27-9-3-10-28-59)51-52-77(74(78)54-65)80(76-42-20-18-38-71(76)58-25-7-2-8-26-58)64-49-45-62(46-50-64)69-40-22-34-56-32-14-16-36-67(56)69/h1-54H. The second-order valence-corrected chi connectivity index (χ2v) is 20.4. The maximum atomic E-state index is 2.49. The molecule has 2 heteroatoms. The van der Waals surface area contributed by atoms with Gasteiger partial charge in [-0.05, 0) is 137 Å². The first-order valence-electron chi connectivity index (χ1n) is 27.5. The number of anilines is 6. The molecule has 80 heavy (non-hydrogen) atoms. The fourth-order valence-electron chi connectivity index (χ4n) is 11.9. The second kappa shape index (κ2) is 21.1. The predicted octanol–water partition coefficient (Wildman–Crippen LogP) is 22.1. The molecule has 0 N–H and O–H groups in total. The predicted molar refractivity (Wildman–Crippen MR) is 341 cm³/mol. The van der Waals surface area contributed by atoms with Crippen molar-refractivity contribution in [1.82, 2.24) is 0 Å². The monoisotopic (exact) mass is 1020 g/mol. The van der Waals surface area contributed by atoms with Gasteiger partial charge in [0.05, 0.1) is 17.1 Å². The topological polar surface area (TPSA) is 6.48 Å². The summed E-state index contributed by atoms with van der Waals surface area (Å²) in [6.07, 6.45) is 0. The van der Waals surface area contributed by atoms with E-state index in [0.29, 0.717) is 0 Å². The van der Waals surface area contributed by atoms with E-state index in [-0.39, 0.29) is 0 Å². The zero-order valence-corrected chi connectivity index (χ0v) is 44.1. The van der Waals surface area contributed by atoms with Crippen LogP contribution in [0.15, 0.2) is 328 Å². The first-order valence-corrected chi connectivity index (χ1v) is 27.5. The molecule has 0 unspecified atom stereocenters. The lowest BCUT2D eigenvalue weighted by molar-refractivity contribution is 1.28. The molecule has 14 aromatic carbocycles. The van der Waals surface area contributed by atoms with Gasteiger partial charge in [0, 0.05) is 33.6 Å². The van der Waals surface area contributed by atoms with E-state index in [1.54, 1.807) is 0 Å². The highest BCUT2D eigenvalue weighted by atomic mass is 15.2. The Hall–Kier alpha value is -10.5. The average molecular weight is 1020 g/mol. The average Bonchev–Trinajstić information content (AvgIpc) is 3.57. The zero-order valence-electron chi connectivity index (χ0n) is 44.1. The van der Waals surface area contributed by atoms with E-state index in [1.165, 1.54) is 49.2 Å². The van der Waals surface area contributed by atoms with Crippen molar-refractivity contribution in [1.29, 1.82) is 0 Å². The van der Waals surface area contributed by atoms with Crippen molar-refractivity contribution in [2.75, 3.05) is 9.80 Å². The van der Waals surface area contributed by atoms with E-state index in [1.807, 2.05) is 0 Å². The zero-order chi connectivity index (χ0) is 53.2. The van der Waals surface area contributed by atoms with Gasteiger partial charge in [-0.2, -0.15) is 0 Å². The Balaban J connectivity index is 1.07. The Morgan fingerprint density at radius 1 is 0.175 bits per heavy atom. The van der Waals surface area contributed by atoms with E-state index in [2.05, 4.69) is 337 Å². The van der Waals surface area contributed by atoms with Gasteiger partial charge >= 0.3 is 0 Å². The van der Waals surface area contributed by atoms with Crippen molar-refractivity contribution in [3.8, 4) is 66.8 Å². The largest absolute Gasteiger partial charge is 0.310 e. The van der Waals surface area contributed by atoms with Crippen LogP contribution in [0, 0.1) is 0 Å². The van der Waals surface area contributed by atoms with Gasteiger partial charge in [-0.15, -0.1) is 0 Å². The first-order chi connectivity index (χ1) is 39.7. The van der Waals surface area contributed by atoms with E-state index in [9.17, 15) is 0 Å². The summed E-state index contributed by atoms with van der Waals surface area (Å²) in [4.78, 5) is 4.97. The van der Waals surface area contributed by atoms with Crippen LogP contribution in [-0.4, -0.2) is 0 Å². The fraction of sp³-hybridized carbons (Fsp3) is 0. The summed E-state index contributed by atoms with van der Waals surface area (Å²) in [7, 11) is 0. The van der Waals surface area contributed by atoms with Crippen molar-refractivity contribution < 1.29 is 0 Å². The molecule has 0 atom stereocenters. The molecule has 0 amide bonds. The van der Waals surface area contributed by atoms with Crippen molar-refractivity contribution in [2.24, 2.45) is 0 Å². The molecule has 0 saturated carbocycles. The van der Waals surface area contributed by atoms with Crippen LogP contribution in [-0.2, 0) is 0 Å². The minimum absolute atomic E-state index is 1.03. The summed E-state index contributed by atoms with van der Waals surface area (Å²) in [6, 6.07) is 120. The molecule has 14 rings (SSSR count). The number of para-hydroxylation sites is 2. The Bertz CT molecular complexity index is 4490. The summed E-state index contributed by atoms with van der Waals surface area (Å²) in [5, 5.41) is 7.20. The van der Waals surface area contributed by atoms with Gasteiger partial charge in [0.15, 0.2) is 0 Å². The maximum absolute atomic E-state index is 2.49. The summed E-state index contributed by atoms with van der Waals surface area (Å²) in [5.41, 5.74) is 20.2. The lowest BCUT2D eigenvalue weighted by Crippen LogP contribution is -2.14. The SMILES string of the molecule is c1ccc(-c2ccccc2N(c2ccc(-c3cccc4ccccc34)cc2)c2cc(-c3ccccc3)c3c(-c4ccccc4)ccc(N(c4ccc(-c5cccc6ccccc56)cc4)c4ccccc4-c4ccccc4)c3c2)cc1. The summed E-state index contributed by atoms with van der Waals surface area (Å²) in [6.45, 7) is 0. The third kappa shape index (κ3) is 8.95. The van der Waals surface area contributed by atoms with Crippen LogP contribution >= 0.6 is 0 Å². The van der Waals surface area contributed by atoms with Crippen LogP contribution < -0.4 is 9.80 Å². The Kier molecular flexibility index (Phi) is 12.6. The first kappa shape index (κ1) is 47.9. The van der Waals surface area contributed by atoms with Gasteiger partial charge in [-0.25, -0.2) is 0 Å². The number of benzene rings is 14.